The van der Waals surface area contributed by atoms with Crippen molar-refractivity contribution in [2.75, 3.05) is 13.1 Å². The highest BCUT2D eigenvalue weighted by atomic mass is 19.4. The largest absolute Gasteiger partial charge is 0.481 e. The first-order valence-corrected chi connectivity index (χ1v) is 5.53. The van der Waals surface area contributed by atoms with Crippen LogP contribution in [0.1, 0.15) is 26.2 Å². The number of hydrogen-bond acceptors (Lipinski definition) is 3. The second-order valence-electron chi connectivity index (χ2n) is 3.78. The number of rotatable bonds is 6. The van der Waals surface area contributed by atoms with E-state index in [-0.39, 0.29) is 6.54 Å². The molecule has 6 nitrogen and oxygen atoms in total. The van der Waals surface area contributed by atoms with Crippen LogP contribution in [0.4, 0.5) is 18.0 Å². The van der Waals surface area contributed by atoms with E-state index >= 15 is 0 Å². The van der Waals surface area contributed by atoms with Gasteiger partial charge in [0, 0.05) is 13.0 Å². The molecule has 0 bridgehead atoms. The number of carbonyl (C=O) groups is 3. The summed E-state index contributed by atoms with van der Waals surface area (Å²) in [5.74, 6) is -2.15. The molecule has 0 aromatic carbocycles. The van der Waals surface area contributed by atoms with Crippen molar-refractivity contribution in [2.45, 2.75) is 32.4 Å². The van der Waals surface area contributed by atoms with Crippen LogP contribution in [-0.2, 0) is 9.59 Å². The molecule has 19 heavy (non-hydrogen) atoms. The number of nitrogens with zero attached hydrogens (tertiary/aromatic N) is 1. The lowest BCUT2D eigenvalue weighted by molar-refractivity contribution is -0.141. The average Bonchev–Trinajstić information content (AvgIpc) is 2.24. The maximum atomic E-state index is 12.2. The Morgan fingerprint density at radius 3 is 2.21 bits per heavy atom. The van der Waals surface area contributed by atoms with Crippen LogP contribution in [0, 0.1) is 0 Å². The van der Waals surface area contributed by atoms with Gasteiger partial charge in [-0.15, -0.1) is 0 Å². The highest BCUT2D eigenvalue weighted by molar-refractivity contribution is 5.95. The second-order valence-corrected chi connectivity index (χ2v) is 3.78. The summed E-state index contributed by atoms with van der Waals surface area (Å²) in [7, 11) is 0. The summed E-state index contributed by atoms with van der Waals surface area (Å²) in [4.78, 5) is 33.2. The molecule has 0 atom stereocenters. The lowest BCUT2D eigenvalue weighted by Crippen LogP contribution is -2.47. The second kappa shape index (κ2) is 7.59. The van der Waals surface area contributed by atoms with Crippen molar-refractivity contribution in [1.82, 2.24) is 10.2 Å². The first-order valence-electron chi connectivity index (χ1n) is 5.53. The molecule has 0 saturated heterocycles. The van der Waals surface area contributed by atoms with Crippen LogP contribution in [0.5, 0.6) is 0 Å². The number of aliphatic carboxylic acids is 1. The normalized spacial score (nSPS) is 10.9. The van der Waals surface area contributed by atoms with E-state index in [1.807, 2.05) is 0 Å². The maximum absolute atomic E-state index is 12.2. The summed E-state index contributed by atoms with van der Waals surface area (Å²) in [6.07, 6.45) is -5.22. The zero-order valence-corrected chi connectivity index (χ0v) is 10.3. The summed E-state index contributed by atoms with van der Waals surface area (Å²) in [6.45, 7) is -0.0284. The Labute approximate surface area is 107 Å². The van der Waals surface area contributed by atoms with E-state index in [0.29, 0.717) is 11.3 Å². The summed E-state index contributed by atoms with van der Waals surface area (Å²) in [6, 6.07) is -1.17. The van der Waals surface area contributed by atoms with Crippen LogP contribution in [0.25, 0.3) is 0 Å². The smallest absolute Gasteiger partial charge is 0.406 e. The SMILES string of the molecule is CCCN(CC(F)(F)F)C(=O)NC(=O)CCC(=O)O. The number of carboxylic acids is 1. The van der Waals surface area contributed by atoms with Crippen LogP contribution in [-0.4, -0.2) is 47.2 Å². The van der Waals surface area contributed by atoms with Gasteiger partial charge in [-0.25, -0.2) is 4.79 Å². The first kappa shape index (κ1) is 17.2. The molecule has 0 saturated carbocycles. The molecule has 0 aliphatic rings. The van der Waals surface area contributed by atoms with E-state index in [0.717, 1.165) is 0 Å². The Hall–Kier alpha value is -1.80. The molecule has 3 amide bonds. The van der Waals surface area contributed by atoms with Crippen LogP contribution in [0.15, 0.2) is 0 Å². The summed E-state index contributed by atoms with van der Waals surface area (Å²) >= 11 is 0. The van der Waals surface area contributed by atoms with Crippen LogP contribution in [0.3, 0.4) is 0 Å². The standard InChI is InChI=1S/C10H15F3N2O4/c1-2-5-15(6-10(11,12)13)9(19)14-7(16)3-4-8(17)18/h2-6H2,1H3,(H,17,18)(H,14,16,19). The molecular weight excluding hydrogens is 269 g/mol. The van der Waals surface area contributed by atoms with Crippen molar-refractivity contribution < 1.29 is 32.7 Å². The Balaban J connectivity index is 4.39. The van der Waals surface area contributed by atoms with E-state index in [4.69, 9.17) is 5.11 Å². The number of carboxylic acid groups (broad SMARTS) is 1. The Morgan fingerprint density at radius 1 is 1.21 bits per heavy atom. The molecule has 0 radical (unpaired) electrons. The van der Waals surface area contributed by atoms with Crippen LogP contribution in [0.2, 0.25) is 0 Å². The maximum Gasteiger partial charge on any atom is 0.406 e. The van der Waals surface area contributed by atoms with E-state index in [2.05, 4.69) is 0 Å². The number of halogens is 3. The van der Waals surface area contributed by atoms with Gasteiger partial charge in [-0.2, -0.15) is 13.2 Å². The van der Waals surface area contributed by atoms with Crippen LogP contribution < -0.4 is 5.32 Å². The molecule has 0 aliphatic carbocycles. The molecule has 9 heteroatoms. The first-order chi connectivity index (χ1) is 8.65. The number of nitrogens with one attached hydrogen (secondary N) is 1. The number of carbonyl (C=O) groups excluding carboxylic acids is 2. The van der Waals surface area contributed by atoms with Gasteiger partial charge >= 0.3 is 18.2 Å². The highest BCUT2D eigenvalue weighted by Crippen LogP contribution is 2.16. The molecule has 2 N–H and O–H groups in total. The van der Waals surface area contributed by atoms with Gasteiger partial charge in [-0.3, -0.25) is 14.9 Å². The van der Waals surface area contributed by atoms with Crippen molar-refractivity contribution in [1.29, 1.82) is 0 Å². The fraction of sp³-hybridized carbons (Fsp3) is 0.700. The average molecular weight is 284 g/mol. The molecule has 0 aromatic rings. The minimum Gasteiger partial charge on any atom is -0.481 e. The lowest BCUT2D eigenvalue weighted by atomic mass is 10.3. The van der Waals surface area contributed by atoms with Crippen molar-refractivity contribution in [3.63, 3.8) is 0 Å². The summed E-state index contributed by atoms with van der Waals surface area (Å²) in [5, 5.41) is 10.0. The quantitative estimate of drug-likeness (QED) is 0.771. The van der Waals surface area contributed by atoms with Gasteiger partial charge < -0.3 is 10.0 Å². The predicted molar refractivity (Wildman–Crippen MR) is 58.3 cm³/mol. The number of urea groups is 1. The topological polar surface area (TPSA) is 86.7 Å². The van der Waals surface area contributed by atoms with Gasteiger partial charge in [-0.1, -0.05) is 6.92 Å². The number of imide groups is 1. The van der Waals surface area contributed by atoms with E-state index in [1.165, 1.54) is 0 Å². The third-order valence-corrected chi connectivity index (χ3v) is 1.96. The van der Waals surface area contributed by atoms with E-state index in [9.17, 15) is 27.6 Å². The number of amides is 3. The monoisotopic (exact) mass is 284 g/mol. The zero-order valence-electron chi connectivity index (χ0n) is 10.3. The van der Waals surface area contributed by atoms with Crippen LogP contribution >= 0.6 is 0 Å². The van der Waals surface area contributed by atoms with Crippen molar-refractivity contribution >= 4 is 17.9 Å². The highest BCUT2D eigenvalue weighted by Gasteiger charge is 2.33. The molecule has 0 fully saturated rings. The molecule has 110 valence electrons. The number of hydrogen-bond donors (Lipinski definition) is 2. The third kappa shape index (κ3) is 8.86. The van der Waals surface area contributed by atoms with Crippen molar-refractivity contribution in [3.05, 3.63) is 0 Å². The van der Waals surface area contributed by atoms with Crippen molar-refractivity contribution in [2.24, 2.45) is 0 Å². The fourth-order valence-corrected chi connectivity index (χ4v) is 1.22. The molecule has 0 aliphatic heterocycles. The molecule has 0 heterocycles. The van der Waals surface area contributed by atoms with Crippen molar-refractivity contribution in [3.8, 4) is 0 Å². The summed E-state index contributed by atoms with van der Waals surface area (Å²) in [5.41, 5.74) is 0. The van der Waals surface area contributed by atoms with Gasteiger partial charge in [0.25, 0.3) is 0 Å². The molecule has 0 spiro atoms. The summed E-state index contributed by atoms with van der Waals surface area (Å²) < 4.78 is 36.6. The fourth-order valence-electron chi connectivity index (χ4n) is 1.22. The van der Waals surface area contributed by atoms with E-state index in [1.54, 1.807) is 12.2 Å². The molecule has 0 rings (SSSR count). The Morgan fingerprint density at radius 2 is 1.79 bits per heavy atom. The molecular formula is C10H15F3N2O4. The molecule has 0 aromatic heterocycles. The van der Waals surface area contributed by atoms with Gasteiger partial charge in [0.2, 0.25) is 5.91 Å². The van der Waals surface area contributed by atoms with Gasteiger partial charge in [0.1, 0.15) is 6.54 Å². The van der Waals surface area contributed by atoms with Gasteiger partial charge in [0.05, 0.1) is 6.42 Å². The lowest BCUT2D eigenvalue weighted by Gasteiger charge is -2.23. The molecule has 0 unspecified atom stereocenters. The third-order valence-electron chi connectivity index (χ3n) is 1.96. The predicted octanol–water partition coefficient (Wildman–Crippen LogP) is 1.36. The van der Waals surface area contributed by atoms with E-state index < -0.39 is 43.5 Å². The Kier molecular flexibility index (Phi) is 6.87. The van der Waals surface area contributed by atoms with Gasteiger partial charge in [-0.05, 0) is 6.42 Å². The number of alkyl halides is 3. The zero-order chi connectivity index (χ0) is 15.1. The Bertz CT molecular complexity index is 344. The minimum absolute atomic E-state index is 0.155. The van der Waals surface area contributed by atoms with Gasteiger partial charge in [0.15, 0.2) is 0 Å². The minimum atomic E-state index is -4.56.